The maximum Gasteiger partial charge on any atom is 0.345 e. The molecule has 0 spiro atoms. The maximum absolute atomic E-state index is 12.0. The fourth-order valence-corrected chi connectivity index (χ4v) is 5.36. The highest BCUT2D eigenvalue weighted by atomic mass is 79.9. The van der Waals surface area contributed by atoms with Crippen molar-refractivity contribution in [1.82, 2.24) is 4.72 Å². The largest absolute Gasteiger partial charge is 0.477 e. The Bertz CT molecular complexity index is 541. The van der Waals surface area contributed by atoms with Crippen molar-refractivity contribution in [2.45, 2.75) is 18.2 Å². The normalized spacial score (nSPS) is 11.7. The summed E-state index contributed by atoms with van der Waals surface area (Å²) in [6.45, 7) is 2.39. The van der Waals surface area contributed by atoms with E-state index in [1.807, 2.05) is 6.92 Å². The van der Waals surface area contributed by atoms with Crippen molar-refractivity contribution in [2.75, 3.05) is 18.1 Å². The van der Waals surface area contributed by atoms with Gasteiger partial charge in [0.1, 0.15) is 9.77 Å². The highest BCUT2D eigenvalue weighted by Crippen LogP contribution is 2.31. The number of sulfonamides is 1. The first kappa shape index (κ1) is 17.0. The molecule has 5 nitrogen and oxygen atoms in total. The third-order valence-electron chi connectivity index (χ3n) is 2.12. The number of thioether (sulfide) groups is 1. The van der Waals surface area contributed by atoms with Crippen molar-refractivity contribution in [3.63, 3.8) is 0 Å². The van der Waals surface area contributed by atoms with Crippen molar-refractivity contribution in [3.8, 4) is 0 Å². The number of hydrogen-bond acceptors (Lipinski definition) is 5. The zero-order valence-electron chi connectivity index (χ0n) is 10.2. The van der Waals surface area contributed by atoms with Gasteiger partial charge in [-0.3, -0.25) is 0 Å². The van der Waals surface area contributed by atoms with Crippen molar-refractivity contribution in [2.24, 2.45) is 0 Å². The van der Waals surface area contributed by atoms with E-state index in [4.69, 9.17) is 5.11 Å². The van der Waals surface area contributed by atoms with Crippen LogP contribution in [0.2, 0.25) is 0 Å². The van der Waals surface area contributed by atoms with Gasteiger partial charge in [0, 0.05) is 6.54 Å². The lowest BCUT2D eigenvalue weighted by Crippen LogP contribution is -2.25. The highest BCUT2D eigenvalue weighted by Gasteiger charge is 2.22. The summed E-state index contributed by atoms with van der Waals surface area (Å²) in [5.74, 6) is 0.765. The molecule has 0 aromatic carbocycles. The van der Waals surface area contributed by atoms with Gasteiger partial charge < -0.3 is 5.11 Å². The summed E-state index contributed by atoms with van der Waals surface area (Å²) in [5.41, 5.74) is 0. The molecule has 0 bridgehead atoms. The molecule has 1 heterocycles. The zero-order valence-corrected chi connectivity index (χ0v) is 14.2. The van der Waals surface area contributed by atoms with Gasteiger partial charge in [-0.05, 0) is 39.9 Å². The molecule has 1 aromatic rings. The Morgan fingerprint density at radius 2 is 2.26 bits per heavy atom. The lowest BCUT2D eigenvalue weighted by atomic mass is 10.5. The molecule has 0 aliphatic heterocycles. The fourth-order valence-electron chi connectivity index (χ4n) is 1.24. The molecule has 0 atom stereocenters. The Balaban J connectivity index is 2.69. The second-order valence-electron chi connectivity index (χ2n) is 3.50. The Labute approximate surface area is 129 Å². The van der Waals surface area contributed by atoms with Crippen LogP contribution in [-0.4, -0.2) is 37.5 Å². The van der Waals surface area contributed by atoms with Gasteiger partial charge in [-0.1, -0.05) is 6.92 Å². The minimum absolute atomic E-state index is 0.00575. The number of nitrogens with one attached hydrogen (secondary N) is 1. The van der Waals surface area contributed by atoms with Crippen molar-refractivity contribution >= 4 is 55.0 Å². The van der Waals surface area contributed by atoms with E-state index in [0.29, 0.717) is 10.3 Å². The van der Waals surface area contributed by atoms with Gasteiger partial charge >= 0.3 is 5.97 Å². The third-order valence-corrected chi connectivity index (χ3v) is 6.80. The molecule has 0 saturated carbocycles. The molecule has 0 aliphatic rings. The topological polar surface area (TPSA) is 83.5 Å². The van der Waals surface area contributed by atoms with Crippen LogP contribution >= 0.6 is 39.0 Å². The molecule has 108 valence electrons. The van der Waals surface area contributed by atoms with Crippen molar-refractivity contribution in [1.29, 1.82) is 0 Å². The Morgan fingerprint density at radius 1 is 1.58 bits per heavy atom. The number of halogens is 1. The molecule has 0 amide bonds. The third kappa shape index (κ3) is 5.07. The Kier molecular flexibility index (Phi) is 6.81. The smallest absolute Gasteiger partial charge is 0.345 e. The summed E-state index contributed by atoms with van der Waals surface area (Å²) in [6.07, 6.45) is 0.741. The van der Waals surface area contributed by atoms with Gasteiger partial charge in [-0.25, -0.2) is 17.9 Å². The van der Waals surface area contributed by atoms with E-state index < -0.39 is 16.0 Å². The van der Waals surface area contributed by atoms with E-state index in [9.17, 15) is 13.2 Å². The summed E-state index contributed by atoms with van der Waals surface area (Å²) in [4.78, 5) is 10.8. The molecule has 1 aromatic heterocycles. The number of aromatic carboxylic acids is 1. The predicted molar refractivity (Wildman–Crippen MR) is 81.8 cm³/mol. The number of thiophene rings is 1. The van der Waals surface area contributed by atoms with Crippen LogP contribution in [0.5, 0.6) is 0 Å². The van der Waals surface area contributed by atoms with Crippen molar-refractivity contribution in [3.05, 3.63) is 14.7 Å². The van der Waals surface area contributed by atoms with Crippen LogP contribution in [0.15, 0.2) is 14.7 Å². The van der Waals surface area contributed by atoms with E-state index in [1.54, 1.807) is 11.8 Å². The van der Waals surface area contributed by atoms with Crippen LogP contribution in [0.1, 0.15) is 23.0 Å². The van der Waals surface area contributed by atoms with Crippen LogP contribution in [0.4, 0.5) is 0 Å². The minimum atomic E-state index is -3.65. The summed E-state index contributed by atoms with van der Waals surface area (Å²) in [6, 6.07) is 1.17. The van der Waals surface area contributed by atoms with Gasteiger partial charge in [0.2, 0.25) is 10.0 Å². The molecule has 0 unspecified atom stereocenters. The van der Waals surface area contributed by atoms with Gasteiger partial charge in [0.25, 0.3) is 0 Å². The molecular formula is C10H14BrNO4S3. The standard InChI is InChI=1S/C10H14BrNO4S3/c1-2-17-5-3-4-12-19(15,16)8-6-7(10(13)14)18-9(8)11/h6,12H,2-5H2,1H3,(H,13,14). The van der Waals surface area contributed by atoms with Crippen LogP contribution in [-0.2, 0) is 10.0 Å². The van der Waals surface area contributed by atoms with E-state index in [0.717, 1.165) is 29.3 Å². The highest BCUT2D eigenvalue weighted by molar-refractivity contribution is 9.11. The Hall–Kier alpha value is -0.0900. The van der Waals surface area contributed by atoms with E-state index in [1.165, 1.54) is 6.07 Å². The fraction of sp³-hybridized carbons (Fsp3) is 0.500. The van der Waals surface area contributed by atoms with Crippen LogP contribution in [0.25, 0.3) is 0 Å². The van der Waals surface area contributed by atoms with Gasteiger partial charge in [-0.15, -0.1) is 11.3 Å². The van der Waals surface area contributed by atoms with E-state index >= 15 is 0 Å². The minimum Gasteiger partial charge on any atom is -0.477 e. The molecule has 1 rings (SSSR count). The monoisotopic (exact) mass is 387 g/mol. The second-order valence-corrected chi connectivity index (χ2v) is 9.00. The van der Waals surface area contributed by atoms with E-state index in [2.05, 4.69) is 20.7 Å². The maximum atomic E-state index is 12.0. The first-order valence-electron chi connectivity index (χ1n) is 5.48. The molecule has 0 radical (unpaired) electrons. The summed E-state index contributed by atoms with van der Waals surface area (Å²) in [7, 11) is -3.65. The molecule has 19 heavy (non-hydrogen) atoms. The zero-order chi connectivity index (χ0) is 14.5. The first-order valence-corrected chi connectivity index (χ1v) is 9.73. The van der Waals surface area contributed by atoms with Crippen LogP contribution < -0.4 is 4.72 Å². The SMILES string of the molecule is CCSCCCNS(=O)(=O)c1cc(C(=O)O)sc1Br. The van der Waals surface area contributed by atoms with Crippen LogP contribution in [0, 0.1) is 0 Å². The molecule has 0 aliphatic carbocycles. The lowest BCUT2D eigenvalue weighted by molar-refractivity contribution is 0.0702. The molecular weight excluding hydrogens is 374 g/mol. The van der Waals surface area contributed by atoms with Crippen molar-refractivity contribution < 1.29 is 18.3 Å². The summed E-state index contributed by atoms with van der Waals surface area (Å²) < 4.78 is 26.8. The molecule has 0 saturated heterocycles. The van der Waals surface area contributed by atoms with Gasteiger partial charge in [-0.2, -0.15) is 11.8 Å². The first-order chi connectivity index (χ1) is 8.88. The number of rotatable bonds is 8. The quantitative estimate of drug-likeness (QED) is 0.669. The van der Waals surface area contributed by atoms with Gasteiger partial charge in [0.05, 0.1) is 3.79 Å². The van der Waals surface area contributed by atoms with E-state index in [-0.39, 0.29) is 9.77 Å². The molecule has 2 N–H and O–H groups in total. The van der Waals surface area contributed by atoms with Crippen LogP contribution in [0.3, 0.4) is 0 Å². The summed E-state index contributed by atoms with van der Waals surface area (Å²) >= 11 is 5.72. The Morgan fingerprint density at radius 3 is 2.79 bits per heavy atom. The number of carbonyl (C=O) groups is 1. The summed E-state index contributed by atoms with van der Waals surface area (Å²) in [5, 5.41) is 8.83. The number of hydrogen-bond donors (Lipinski definition) is 2. The number of carboxylic acid groups (broad SMARTS) is 1. The number of carboxylic acids is 1. The molecule has 0 fully saturated rings. The predicted octanol–water partition coefficient (Wildman–Crippen LogP) is 2.63. The average molecular weight is 388 g/mol. The molecule has 9 heteroatoms. The second kappa shape index (κ2) is 7.63. The van der Waals surface area contributed by atoms with Gasteiger partial charge in [0.15, 0.2) is 0 Å². The lowest BCUT2D eigenvalue weighted by Gasteiger charge is -2.05. The average Bonchev–Trinajstić information content (AvgIpc) is 2.72.